The van der Waals surface area contributed by atoms with Crippen molar-refractivity contribution in [1.29, 1.82) is 0 Å². The highest BCUT2D eigenvalue weighted by Gasteiger charge is 2.43. The van der Waals surface area contributed by atoms with Gasteiger partial charge in [0.2, 0.25) is 0 Å². The molecule has 1 aliphatic heterocycles. The molecule has 6 heteroatoms. The number of amides is 1. The van der Waals surface area contributed by atoms with Crippen LogP contribution in [0.3, 0.4) is 0 Å². The maximum absolute atomic E-state index is 11.3. The number of hydrogen-bond donors (Lipinski definition) is 2. The first-order valence-electron chi connectivity index (χ1n) is 4.72. The molecule has 1 unspecified atom stereocenters. The summed E-state index contributed by atoms with van der Waals surface area (Å²) in [6.45, 7) is 3.99. The Morgan fingerprint density at radius 1 is 1.50 bits per heavy atom. The van der Waals surface area contributed by atoms with Gasteiger partial charge >= 0.3 is 11.9 Å². The standard InChI is InChI=1S/C10H13NO5/c1-10(2)5-11-9(15)8(10)16-7(14)4-3-6(12)13/h3-4,8H,5H2,1-2H3,(H,11,15)(H,12,13)/b4-3+. The maximum Gasteiger partial charge on any atom is 0.331 e. The van der Waals surface area contributed by atoms with Crippen LogP contribution in [-0.2, 0) is 19.1 Å². The highest BCUT2D eigenvalue weighted by atomic mass is 16.5. The molecule has 1 amide bonds. The fraction of sp³-hybridized carbons (Fsp3) is 0.500. The van der Waals surface area contributed by atoms with E-state index in [0.29, 0.717) is 12.6 Å². The monoisotopic (exact) mass is 227 g/mol. The molecule has 2 N–H and O–H groups in total. The van der Waals surface area contributed by atoms with Crippen LogP contribution in [0.5, 0.6) is 0 Å². The Morgan fingerprint density at radius 2 is 2.12 bits per heavy atom. The van der Waals surface area contributed by atoms with E-state index >= 15 is 0 Å². The quantitative estimate of drug-likeness (QED) is 0.510. The lowest BCUT2D eigenvalue weighted by Crippen LogP contribution is -2.35. The molecule has 0 radical (unpaired) electrons. The molecule has 0 saturated carbocycles. The highest BCUT2D eigenvalue weighted by molar-refractivity contribution is 5.93. The van der Waals surface area contributed by atoms with Crippen molar-refractivity contribution in [3.05, 3.63) is 12.2 Å². The fourth-order valence-electron chi connectivity index (χ4n) is 1.36. The second-order valence-electron chi connectivity index (χ2n) is 4.19. The van der Waals surface area contributed by atoms with Crippen LogP contribution < -0.4 is 5.32 Å². The van der Waals surface area contributed by atoms with Gasteiger partial charge in [-0.2, -0.15) is 0 Å². The topological polar surface area (TPSA) is 92.7 Å². The van der Waals surface area contributed by atoms with Gasteiger partial charge in [-0.25, -0.2) is 9.59 Å². The first-order valence-corrected chi connectivity index (χ1v) is 4.72. The summed E-state index contributed by atoms with van der Waals surface area (Å²) in [6, 6.07) is 0. The summed E-state index contributed by atoms with van der Waals surface area (Å²) in [4.78, 5) is 32.7. The molecule has 0 aromatic carbocycles. The SMILES string of the molecule is CC1(C)CNC(=O)C1OC(=O)/C=C/C(=O)O. The van der Waals surface area contributed by atoms with Gasteiger partial charge in [0.25, 0.3) is 5.91 Å². The predicted molar refractivity (Wildman–Crippen MR) is 53.4 cm³/mol. The van der Waals surface area contributed by atoms with E-state index in [1.807, 2.05) is 0 Å². The van der Waals surface area contributed by atoms with E-state index in [9.17, 15) is 14.4 Å². The predicted octanol–water partition coefficient (Wildman–Crippen LogP) is -0.305. The molecular weight excluding hydrogens is 214 g/mol. The molecule has 1 fully saturated rings. The van der Waals surface area contributed by atoms with Crippen LogP contribution in [0.4, 0.5) is 0 Å². The summed E-state index contributed by atoms with van der Waals surface area (Å²) >= 11 is 0. The van der Waals surface area contributed by atoms with Crippen molar-refractivity contribution in [2.24, 2.45) is 5.41 Å². The van der Waals surface area contributed by atoms with E-state index in [4.69, 9.17) is 9.84 Å². The van der Waals surface area contributed by atoms with Gasteiger partial charge in [0.15, 0.2) is 6.10 Å². The number of esters is 1. The summed E-state index contributed by atoms with van der Waals surface area (Å²) in [7, 11) is 0. The highest BCUT2D eigenvalue weighted by Crippen LogP contribution is 2.27. The van der Waals surface area contributed by atoms with Gasteiger partial charge in [0, 0.05) is 24.1 Å². The van der Waals surface area contributed by atoms with E-state index in [2.05, 4.69) is 5.32 Å². The van der Waals surface area contributed by atoms with Crippen LogP contribution >= 0.6 is 0 Å². The zero-order chi connectivity index (χ0) is 12.3. The normalized spacial score (nSPS) is 23.1. The molecule has 0 bridgehead atoms. The van der Waals surface area contributed by atoms with Gasteiger partial charge < -0.3 is 15.2 Å². The molecule has 1 saturated heterocycles. The van der Waals surface area contributed by atoms with Gasteiger partial charge in [0.1, 0.15) is 0 Å². The van der Waals surface area contributed by atoms with Crippen molar-refractivity contribution in [2.45, 2.75) is 20.0 Å². The summed E-state index contributed by atoms with van der Waals surface area (Å²) in [5, 5.41) is 10.9. The van der Waals surface area contributed by atoms with E-state index in [-0.39, 0.29) is 5.91 Å². The van der Waals surface area contributed by atoms with Crippen LogP contribution in [0.15, 0.2) is 12.2 Å². The smallest absolute Gasteiger partial charge is 0.331 e. The molecule has 0 aromatic heterocycles. The molecule has 0 spiro atoms. The number of aliphatic carboxylic acids is 1. The zero-order valence-electron chi connectivity index (χ0n) is 9.02. The van der Waals surface area contributed by atoms with E-state index in [0.717, 1.165) is 6.08 Å². The van der Waals surface area contributed by atoms with Crippen LogP contribution in [0.2, 0.25) is 0 Å². The Bertz CT molecular complexity index is 358. The Morgan fingerprint density at radius 3 is 2.56 bits per heavy atom. The lowest BCUT2D eigenvalue weighted by Gasteiger charge is -2.22. The van der Waals surface area contributed by atoms with Gasteiger partial charge in [-0.05, 0) is 0 Å². The number of rotatable bonds is 3. The summed E-state index contributed by atoms with van der Waals surface area (Å²) in [6.07, 6.45) is 0.574. The molecular formula is C10H13NO5. The number of nitrogens with one attached hydrogen (secondary N) is 1. The van der Waals surface area contributed by atoms with Crippen LogP contribution in [0.1, 0.15) is 13.8 Å². The van der Waals surface area contributed by atoms with E-state index in [1.54, 1.807) is 13.8 Å². The summed E-state index contributed by atoms with van der Waals surface area (Å²) < 4.78 is 4.89. The van der Waals surface area contributed by atoms with Crippen LogP contribution in [-0.4, -0.2) is 35.6 Å². The third-order valence-corrected chi connectivity index (χ3v) is 2.26. The Balaban J connectivity index is 2.63. The molecule has 0 aliphatic carbocycles. The zero-order valence-corrected chi connectivity index (χ0v) is 9.02. The number of carboxylic acid groups (broad SMARTS) is 1. The largest absolute Gasteiger partial charge is 0.478 e. The van der Waals surface area contributed by atoms with Gasteiger partial charge in [-0.15, -0.1) is 0 Å². The lowest BCUT2D eigenvalue weighted by atomic mass is 9.90. The molecule has 88 valence electrons. The third kappa shape index (κ3) is 2.82. The molecule has 1 aliphatic rings. The molecule has 1 heterocycles. The summed E-state index contributed by atoms with van der Waals surface area (Å²) in [5.74, 6) is -2.44. The van der Waals surface area contributed by atoms with Crippen molar-refractivity contribution >= 4 is 17.8 Å². The molecule has 1 atom stereocenters. The minimum Gasteiger partial charge on any atom is -0.478 e. The van der Waals surface area contributed by atoms with E-state index in [1.165, 1.54) is 0 Å². The van der Waals surface area contributed by atoms with Gasteiger partial charge in [0.05, 0.1) is 0 Å². The number of ether oxygens (including phenoxy) is 1. The molecule has 16 heavy (non-hydrogen) atoms. The third-order valence-electron chi connectivity index (χ3n) is 2.26. The lowest BCUT2D eigenvalue weighted by molar-refractivity contribution is -0.154. The van der Waals surface area contributed by atoms with Crippen molar-refractivity contribution < 1.29 is 24.2 Å². The average Bonchev–Trinajstić information content (AvgIpc) is 2.42. The Kier molecular flexibility index (Phi) is 3.31. The molecule has 6 nitrogen and oxygen atoms in total. The molecule has 0 aromatic rings. The number of hydrogen-bond acceptors (Lipinski definition) is 4. The second kappa shape index (κ2) is 4.34. The number of carbonyl (C=O) groups is 3. The van der Waals surface area contributed by atoms with Crippen molar-refractivity contribution in [2.75, 3.05) is 6.54 Å². The minimum atomic E-state index is -1.24. The Labute approximate surface area is 92.3 Å². The number of carboxylic acids is 1. The Hall–Kier alpha value is -1.85. The van der Waals surface area contributed by atoms with Crippen LogP contribution in [0.25, 0.3) is 0 Å². The second-order valence-corrected chi connectivity index (χ2v) is 4.19. The molecule has 1 rings (SSSR count). The van der Waals surface area contributed by atoms with Crippen molar-refractivity contribution in [3.8, 4) is 0 Å². The van der Waals surface area contributed by atoms with Gasteiger partial charge in [-0.3, -0.25) is 4.79 Å². The van der Waals surface area contributed by atoms with Gasteiger partial charge in [-0.1, -0.05) is 13.8 Å². The first kappa shape index (κ1) is 12.2. The fourth-order valence-corrected chi connectivity index (χ4v) is 1.36. The summed E-state index contributed by atoms with van der Waals surface area (Å²) in [5.41, 5.74) is -0.482. The van der Waals surface area contributed by atoms with E-state index < -0.39 is 23.5 Å². The van der Waals surface area contributed by atoms with Crippen LogP contribution in [0, 0.1) is 5.41 Å². The first-order chi connectivity index (χ1) is 7.33. The number of carbonyl (C=O) groups excluding carboxylic acids is 2. The minimum absolute atomic E-state index is 0.359. The van der Waals surface area contributed by atoms with Crippen molar-refractivity contribution in [1.82, 2.24) is 5.32 Å². The van der Waals surface area contributed by atoms with Crippen molar-refractivity contribution in [3.63, 3.8) is 0 Å². The average molecular weight is 227 g/mol. The maximum atomic E-state index is 11.3.